The van der Waals surface area contributed by atoms with E-state index >= 15 is 0 Å². The van der Waals surface area contributed by atoms with Gasteiger partial charge in [-0.3, -0.25) is 4.57 Å². The predicted molar refractivity (Wildman–Crippen MR) is 62.5 cm³/mol. The molecule has 0 aromatic rings. The van der Waals surface area contributed by atoms with Gasteiger partial charge in [0.05, 0.1) is 11.2 Å². The summed E-state index contributed by atoms with van der Waals surface area (Å²) in [5, 5.41) is 0. The smallest absolute Gasteiger partial charge is 0.380 e. The highest BCUT2D eigenvalue weighted by atomic mass is 28.3. The second-order valence-corrected chi connectivity index (χ2v) is 7.85. The second kappa shape index (κ2) is 4.75. The van der Waals surface area contributed by atoms with Crippen molar-refractivity contribution in [1.82, 2.24) is 4.57 Å². The fourth-order valence-electron chi connectivity index (χ4n) is 0.840. The lowest BCUT2D eigenvalue weighted by atomic mass is 10.2. The largest absolute Gasteiger partial charge is 0.411 e. The van der Waals surface area contributed by atoms with Crippen LogP contribution in [-0.2, 0) is 8.85 Å². The van der Waals surface area contributed by atoms with Crippen molar-refractivity contribution in [3.05, 3.63) is 0 Å². The molecule has 0 bridgehead atoms. The Kier molecular flexibility index (Phi) is 4.78. The zero-order valence-electron chi connectivity index (χ0n) is 10.8. The molecule has 0 heterocycles. The van der Waals surface area contributed by atoms with Crippen molar-refractivity contribution in [2.45, 2.75) is 52.7 Å². The molecular weight excluding hydrogens is 194 g/mol. The lowest BCUT2D eigenvalue weighted by Gasteiger charge is -2.34. The highest BCUT2D eigenvalue weighted by Gasteiger charge is 2.28. The topological polar surface area (TPSA) is 21.7 Å². The Labute approximate surface area is 90.3 Å². The van der Waals surface area contributed by atoms with Crippen molar-refractivity contribution in [2.24, 2.45) is 0 Å². The molecule has 0 rings (SSSR count). The molecule has 0 saturated heterocycles. The lowest BCUT2D eigenvalue weighted by molar-refractivity contribution is 0.0133. The molecule has 86 valence electrons. The van der Waals surface area contributed by atoms with Crippen molar-refractivity contribution in [3.8, 4) is 0 Å². The molecule has 0 spiro atoms. The molecule has 0 N–H and O–H groups in total. The monoisotopic (exact) mass is 219 g/mol. The van der Waals surface area contributed by atoms with Gasteiger partial charge in [-0.05, 0) is 55.6 Å². The van der Waals surface area contributed by atoms with E-state index in [1.165, 1.54) is 0 Å². The van der Waals surface area contributed by atoms with Gasteiger partial charge < -0.3 is 8.85 Å². The molecule has 0 atom stereocenters. The molecule has 14 heavy (non-hydrogen) atoms. The molecule has 0 unspecified atom stereocenters. The van der Waals surface area contributed by atoms with Crippen LogP contribution in [0, 0.1) is 0 Å². The van der Waals surface area contributed by atoms with Crippen LogP contribution in [-0.4, -0.2) is 39.3 Å². The Morgan fingerprint density at radius 1 is 0.786 bits per heavy atom. The number of hydrogen-bond acceptors (Lipinski definition) is 3. The Morgan fingerprint density at radius 3 is 1.21 bits per heavy atom. The van der Waals surface area contributed by atoms with Crippen LogP contribution in [0.4, 0.5) is 0 Å². The molecule has 0 saturated carbocycles. The maximum Gasteiger partial charge on any atom is 0.411 e. The molecule has 0 aliphatic rings. The third-order valence-corrected chi connectivity index (χ3v) is 3.99. The Bertz CT molecular complexity index is 154. The first kappa shape index (κ1) is 14.1. The standard InChI is InChI=1S/C10H25NO2Si/c1-9(2,3)12-14(11(7)8)13-10(4,5)6/h14H,1-8H3. The fraction of sp³-hybridized carbons (Fsp3) is 1.00. The molecule has 0 amide bonds. The Balaban J connectivity index is 4.32. The first-order valence-corrected chi connectivity index (χ1v) is 6.49. The summed E-state index contributed by atoms with van der Waals surface area (Å²) in [4.78, 5) is 0. The zero-order chi connectivity index (χ0) is 11.6. The first-order chi connectivity index (χ1) is 6.01. The van der Waals surface area contributed by atoms with Crippen molar-refractivity contribution in [3.63, 3.8) is 0 Å². The van der Waals surface area contributed by atoms with Gasteiger partial charge >= 0.3 is 9.45 Å². The minimum atomic E-state index is -1.72. The molecule has 0 aromatic heterocycles. The average molecular weight is 219 g/mol. The number of nitrogens with zero attached hydrogens (tertiary/aromatic N) is 1. The molecular formula is C10H25NO2Si. The minimum Gasteiger partial charge on any atom is -0.380 e. The quantitative estimate of drug-likeness (QED) is 0.677. The van der Waals surface area contributed by atoms with Crippen LogP contribution in [0.1, 0.15) is 41.5 Å². The maximum absolute atomic E-state index is 5.92. The summed E-state index contributed by atoms with van der Waals surface area (Å²) in [6.45, 7) is 12.3. The Hall–Kier alpha value is 0.0969. The van der Waals surface area contributed by atoms with E-state index in [1.54, 1.807) is 0 Å². The molecule has 0 aliphatic carbocycles. The average Bonchev–Trinajstić information content (AvgIpc) is 1.78. The van der Waals surface area contributed by atoms with Gasteiger partial charge in [0.2, 0.25) is 0 Å². The third kappa shape index (κ3) is 7.50. The third-order valence-electron chi connectivity index (χ3n) is 1.33. The van der Waals surface area contributed by atoms with Gasteiger partial charge in [-0.2, -0.15) is 0 Å². The predicted octanol–water partition coefficient (Wildman–Crippen LogP) is 1.90. The van der Waals surface area contributed by atoms with E-state index in [1.807, 2.05) is 14.1 Å². The van der Waals surface area contributed by atoms with Crippen LogP contribution >= 0.6 is 0 Å². The van der Waals surface area contributed by atoms with Crippen LogP contribution < -0.4 is 0 Å². The van der Waals surface area contributed by atoms with Gasteiger partial charge in [0, 0.05) is 0 Å². The first-order valence-electron chi connectivity index (χ1n) is 5.03. The number of rotatable bonds is 3. The normalized spacial score (nSPS) is 14.1. The summed E-state index contributed by atoms with van der Waals surface area (Å²) >= 11 is 0. The van der Waals surface area contributed by atoms with E-state index < -0.39 is 9.45 Å². The summed E-state index contributed by atoms with van der Waals surface area (Å²) in [7, 11) is 2.29. The SMILES string of the molecule is CN(C)[SiH](OC(C)(C)C)OC(C)(C)C. The lowest BCUT2D eigenvalue weighted by Crippen LogP contribution is -2.48. The molecule has 3 nitrogen and oxygen atoms in total. The van der Waals surface area contributed by atoms with Crippen molar-refractivity contribution in [1.29, 1.82) is 0 Å². The zero-order valence-corrected chi connectivity index (χ0v) is 12.0. The molecule has 0 aliphatic heterocycles. The van der Waals surface area contributed by atoms with Gasteiger partial charge in [-0.25, -0.2) is 0 Å². The summed E-state index contributed by atoms with van der Waals surface area (Å²) < 4.78 is 13.9. The van der Waals surface area contributed by atoms with E-state index in [9.17, 15) is 0 Å². The van der Waals surface area contributed by atoms with Crippen molar-refractivity contribution in [2.75, 3.05) is 14.1 Å². The van der Waals surface area contributed by atoms with Crippen LogP contribution in [0.2, 0.25) is 0 Å². The van der Waals surface area contributed by atoms with Gasteiger partial charge in [-0.15, -0.1) is 0 Å². The summed E-state index contributed by atoms with van der Waals surface area (Å²) in [5.74, 6) is 0. The van der Waals surface area contributed by atoms with Crippen LogP contribution in [0.25, 0.3) is 0 Å². The summed E-state index contributed by atoms with van der Waals surface area (Å²) in [5.41, 5.74) is -0.265. The van der Waals surface area contributed by atoms with Crippen molar-refractivity contribution >= 4 is 9.45 Å². The summed E-state index contributed by atoms with van der Waals surface area (Å²) in [6.07, 6.45) is 0. The van der Waals surface area contributed by atoms with Gasteiger partial charge in [-0.1, -0.05) is 0 Å². The molecule has 0 fully saturated rings. The van der Waals surface area contributed by atoms with Crippen molar-refractivity contribution < 1.29 is 8.85 Å². The minimum absolute atomic E-state index is 0.133. The highest BCUT2D eigenvalue weighted by molar-refractivity contribution is 6.41. The van der Waals surface area contributed by atoms with E-state index in [4.69, 9.17) is 8.85 Å². The molecule has 0 radical (unpaired) electrons. The highest BCUT2D eigenvalue weighted by Crippen LogP contribution is 2.16. The van der Waals surface area contributed by atoms with E-state index in [-0.39, 0.29) is 11.2 Å². The number of hydrogen-bond donors (Lipinski definition) is 0. The second-order valence-electron chi connectivity index (χ2n) is 5.73. The fourth-order valence-corrected chi connectivity index (χ4v) is 2.52. The van der Waals surface area contributed by atoms with Gasteiger partial charge in [0.25, 0.3) is 0 Å². The Morgan fingerprint density at radius 2 is 1.07 bits per heavy atom. The van der Waals surface area contributed by atoms with Gasteiger partial charge in [0.1, 0.15) is 0 Å². The van der Waals surface area contributed by atoms with Crippen LogP contribution in [0.3, 0.4) is 0 Å². The van der Waals surface area contributed by atoms with E-state index in [2.05, 4.69) is 46.1 Å². The van der Waals surface area contributed by atoms with E-state index in [0.717, 1.165) is 0 Å². The van der Waals surface area contributed by atoms with E-state index in [0.29, 0.717) is 0 Å². The van der Waals surface area contributed by atoms with Crippen LogP contribution in [0.5, 0.6) is 0 Å². The van der Waals surface area contributed by atoms with Gasteiger partial charge in [0.15, 0.2) is 0 Å². The maximum atomic E-state index is 5.92. The summed E-state index contributed by atoms with van der Waals surface area (Å²) in [6, 6.07) is 0. The van der Waals surface area contributed by atoms with Crippen LogP contribution in [0.15, 0.2) is 0 Å². The molecule has 0 aromatic carbocycles. The molecule has 4 heteroatoms.